The van der Waals surface area contributed by atoms with Crippen molar-refractivity contribution >= 4 is 69.1 Å². The number of carbonyl (C=O) groups excluding carboxylic acids is 5. The lowest BCUT2D eigenvalue weighted by atomic mass is 9.84. The average molecular weight is 1040 g/mol. The standard InChI is InChI=1S/C51H66ClF2N9O8S/c1-9-62-40-21-36(53)33-20-32(40)35(44(62)34-19-31(60-15-17-70-18-16-60)24-55-42(34)29(4)69-8)23-51(5,6)27-71-50(68)37-11-10-13-63(58-37)48(66)38(22-41-56-39(33)26-72-41)57-46(64)43(28(2)3)59(7)47(65)30-12-14-61(25-30)49(67)45(52)54/h19-21,24,26,28-30,37-38,43,45,58H,9-18,22-23,25,27H2,1-8H3,(H,57,64)/t29-,30-,37-,38-,43-,45-/m0/s1. The summed E-state index contributed by atoms with van der Waals surface area (Å²) in [4.78, 5) is 84.1. The van der Waals surface area contributed by atoms with Crippen LogP contribution in [0.2, 0.25) is 0 Å². The summed E-state index contributed by atoms with van der Waals surface area (Å²) in [6.07, 6.45) is 2.92. The van der Waals surface area contributed by atoms with E-state index in [0.717, 1.165) is 33.6 Å². The number of methoxy groups -OCH3 is 1. The second-order valence-corrected chi connectivity index (χ2v) is 21.7. The molecule has 0 spiro atoms. The zero-order chi connectivity index (χ0) is 51.8. The molecule has 0 saturated carbocycles. The van der Waals surface area contributed by atoms with Crippen LogP contribution in [0.15, 0.2) is 29.8 Å². The Morgan fingerprint density at radius 3 is 2.53 bits per heavy atom. The van der Waals surface area contributed by atoms with E-state index in [9.17, 15) is 28.4 Å². The number of benzene rings is 1. The van der Waals surface area contributed by atoms with Crippen LogP contribution in [0.1, 0.15) is 83.2 Å². The van der Waals surface area contributed by atoms with E-state index in [0.29, 0.717) is 68.3 Å². The number of likely N-dealkylation sites (tertiary alicyclic amines) is 1. The Morgan fingerprint density at radius 1 is 1.08 bits per heavy atom. The van der Waals surface area contributed by atoms with E-state index in [1.165, 1.54) is 39.3 Å². The lowest BCUT2D eigenvalue weighted by molar-refractivity contribution is -0.155. The maximum absolute atomic E-state index is 16.9. The number of anilines is 1. The second-order valence-electron chi connectivity index (χ2n) is 20.4. The number of esters is 1. The fourth-order valence-electron chi connectivity index (χ4n) is 10.5. The fraction of sp³-hybridized carbons (Fsp3) is 0.588. The molecule has 390 valence electrons. The Kier molecular flexibility index (Phi) is 16.2. The third-order valence-corrected chi connectivity index (χ3v) is 15.4. The van der Waals surface area contributed by atoms with Gasteiger partial charge < -0.3 is 38.8 Å². The maximum atomic E-state index is 16.9. The van der Waals surface area contributed by atoms with Gasteiger partial charge in [0.05, 0.1) is 71.3 Å². The quantitative estimate of drug-likeness (QED) is 0.132. The van der Waals surface area contributed by atoms with E-state index in [1.807, 2.05) is 40.0 Å². The Labute approximate surface area is 427 Å². The molecule has 4 amide bonds. The van der Waals surface area contributed by atoms with Gasteiger partial charge in [0.1, 0.15) is 23.9 Å². The number of rotatable bonds is 11. The van der Waals surface area contributed by atoms with Crippen LogP contribution >= 0.6 is 22.9 Å². The lowest BCUT2D eigenvalue weighted by Gasteiger charge is -2.37. The van der Waals surface area contributed by atoms with Gasteiger partial charge in [-0.25, -0.2) is 19.2 Å². The largest absolute Gasteiger partial charge is 0.464 e. The van der Waals surface area contributed by atoms with E-state index < -0.39 is 82.5 Å². The number of hydrogen-bond donors (Lipinski definition) is 2. The number of nitrogens with one attached hydrogen (secondary N) is 2. The van der Waals surface area contributed by atoms with Crippen LogP contribution in [-0.4, -0.2) is 149 Å². The summed E-state index contributed by atoms with van der Waals surface area (Å²) in [5.74, 6) is -4.66. The van der Waals surface area contributed by atoms with Crippen LogP contribution in [0.25, 0.3) is 33.4 Å². The highest BCUT2D eigenvalue weighted by Gasteiger charge is 2.41. The Morgan fingerprint density at radius 2 is 1.83 bits per heavy atom. The molecule has 6 bridgehead atoms. The van der Waals surface area contributed by atoms with Crippen LogP contribution in [0.3, 0.4) is 0 Å². The van der Waals surface area contributed by atoms with Crippen LogP contribution < -0.4 is 15.6 Å². The number of halogens is 3. The van der Waals surface area contributed by atoms with Crippen LogP contribution in [0.5, 0.6) is 0 Å². The SMILES string of the molecule is CCn1c(-c2cc(N3CCOCC3)cnc2[C@H](C)OC)c2c3cc(c(F)cc31)-c1csc(n1)C[C@H](NC(=O)[C@H](C(C)C)N(C)C(=O)[C@H]1CCN(C(=O)[C@H](F)Cl)C1)C(=O)N1CCC[C@H](N1)C(=O)OCC(C)(C)C2. The molecule has 1 aromatic carbocycles. The van der Waals surface area contributed by atoms with Crippen molar-refractivity contribution in [2.75, 3.05) is 71.6 Å². The molecule has 7 heterocycles. The van der Waals surface area contributed by atoms with Gasteiger partial charge in [-0.15, -0.1) is 11.3 Å². The van der Waals surface area contributed by atoms with Crippen molar-refractivity contribution in [3.8, 4) is 22.5 Å². The summed E-state index contributed by atoms with van der Waals surface area (Å²) in [7, 11) is 3.14. The molecule has 4 aliphatic heterocycles. The number of carbonyl (C=O) groups is 5. The molecule has 6 atom stereocenters. The number of pyridine rings is 1. The molecule has 3 aromatic heterocycles. The van der Waals surface area contributed by atoms with Gasteiger partial charge in [0.15, 0.2) is 0 Å². The molecule has 8 rings (SSSR count). The van der Waals surface area contributed by atoms with E-state index in [2.05, 4.69) is 26.3 Å². The van der Waals surface area contributed by atoms with Crippen molar-refractivity contribution in [2.24, 2.45) is 17.3 Å². The molecule has 0 unspecified atom stereocenters. The fourth-order valence-corrected chi connectivity index (χ4v) is 11.5. The number of amides is 4. The molecule has 4 aliphatic rings. The van der Waals surface area contributed by atoms with Gasteiger partial charge in [0.25, 0.3) is 17.4 Å². The van der Waals surface area contributed by atoms with Gasteiger partial charge in [0.2, 0.25) is 11.8 Å². The van der Waals surface area contributed by atoms with Crippen molar-refractivity contribution in [1.82, 2.24) is 40.1 Å². The second kappa shape index (κ2) is 22.1. The Balaban J connectivity index is 1.20. The zero-order valence-electron chi connectivity index (χ0n) is 42.3. The first kappa shape index (κ1) is 53.0. The average Bonchev–Trinajstić information content (AvgIpc) is 4.12. The van der Waals surface area contributed by atoms with E-state index in [4.69, 9.17) is 35.8 Å². The van der Waals surface area contributed by atoms with Gasteiger partial charge in [-0.2, -0.15) is 0 Å². The first-order valence-electron chi connectivity index (χ1n) is 24.8. The van der Waals surface area contributed by atoms with Crippen LogP contribution in [-0.2, 0) is 57.6 Å². The number of ether oxygens (including phenoxy) is 3. The molecule has 17 nitrogen and oxygen atoms in total. The number of aromatic nitrogens is 3. The highest BCUT2D eigenvalue weighted by molar-refractivity contribution is 7.10. The van der Waals surface area contributed by atoms with Gasteiger partial charge in [-0.05, 0) is 69.2 Å². The number of alkyl halides is 2. The molecular weight excluding hydrogens is 972 g/mol. The number of cyclic esters (lactones) is 1. The maximum Gasteiger partial charge on any atom is 0.324 e. The Hall–Kier alpha value is -5.28. The number of thiazole rings is 1. The molecule has 4 aromatic rings. The lowest BCUT2D eigenvalue weighted by Crippen LogP contribution is -2.62. The van der Waals surface area contributed by atoms with Crippen molar-refractivity contribution < 1.29 is 47.0 Å². The minimum atomic E-state index is -2.23. The third-order valence-electron chi connectivity index (χ3n) is 14.4. The monoisotopic (exact) mass is 1040 g/mol. The highest BCUT2D eigenvalue weighted by Crippen LogP contribution is 2.44. The molecule has 3 saturated heterocycles. The van der Waals surface area contributed by atoms with Crippen molar-refractivity contribution in [2.45, 2.75) is 110 Å². The highest BCUT2D eigenvalue weighted by atomic mass is 35.5. The normalized spacial score (nSPS) is 22.1. The van der Waals surface area contributed by atoms with Gasteiger partial charge >= 0.3 is 5.97 Å². The number of hydrazine groups is 1. The van der Waals surface area contributed by atoms with E-state index in [1.54, 1.807) is 26.3 Å². The summed E-state index contributed by atoms with van der Waals surface area (Å²) in [5, 5.41) is 7.21. The summed E-state index contributed by atoms with van der Waals surface area (Å²) in [6.45, 7) is 15.0. The predicted octanol–water partition coefficient (Wildman–Crippen LogP) is 6.04. The number of likely N-dealkylation sites (N-methyl/N-ethyl adjacent to an activating group) is 1. The number of hydrogen-bond acceptors (Lipinski definition) is 13. The van der Waals surface area contributed by atoms with Gasteiger partial charge in [0, 0.05) is 87.2 Å². The molecule has 72 heavy (non-hydrogen) atoms. The van der Waals surface area contributed by atoms with Crippen LogP contribution in [0, 0.1) is 23.1 Å². The molecule has 21 heteroatoms. The summed E-state index contributed by atoms with van der Waals surface area (Å²) in [6, 6.07) is 2.34. The summed E-state index contributed by atoms with van der Waals surface area (Å²) >= 11 is 6.63. The molecule has 0 aliphatic carbocycles. The number of morpholine rings is 1. The zero-order valence-corrected chi connectivity index (χ0v) is 43.8. The molecule has 3 fully saturated rings. The number of aryl methyl sites for hydroxylation is 1. The first-order chi connectivity index (χ1) is 34.3. The van der Waals surface area contributed by atoms with Crippen molar-refractivity contribution in [3.63, 3.8) is 0 Å². The van der Waals surface area contributed by atoms with Crippen LogP contribution in [0.4, 0.5) is 14.5 Å². The summed E-state index contributed by atoms with van der Waals surface area (Å²) in [5.41, 5.74) is 5.71. The van der Waals surface area contributed by atoms with Crippen molar-refractivity contribution in [3.05, 3.63) is 51.9 Å². The molecule has 0 radical (unpaired) electrons. The van der Waals surface area contributed by atoms with E-state index >= 15 is 4.39 Å². The topological polar surface area (TPSA) is 181 Å². The minimum absolute atomic E-state index is 0.0207. The predicted molar refractivity (Wildman–Crippen MR) is 269 cm³/mol. The first-order valence-corrected chi connectivity index (χ1v) is 26.2. The minimum Gasteiger partial charge on any atom is -0.464 e. The third kappa shape index (κ3) is 11.0. The molecule has 2 N–H and O–H groups in total. The number of nitrogens with zero attached hydrogens (tertiary/aromatic N) is 7. The smallest absolute Gasteiger partial charge is 0.324 e. The summed E-state index contributed by atoms with van der Waals surface area (Å²) < 4.78 is 50.4. The van der Waals surface area contributed by atoms with Crippen molar-refractivity contribution in [1.29, 1.82) is 0 Å². The Bertz CT molecular complexity index is 2690. The molecular formula is C51H66ClF2N9O8S. The van der Waals surface area contributed by atoms with Gasteiger partial charge in [-0.1, -0.05) is 39.3 Å². The number of fused-ring (bicyclic) bond motifs is 6. The van der Waals surface area contributed by atoms with Gasteiger partial charge in [-0.3, -0.25) is 34.0 Å². The van der Waals surface area contributed by atoms with E-state index in [-0.39, 0.29) is 44.6 Å².